The van der Waals surface area contributed by atoms with Gasteiger partial charge in [0.15, 0.2) is 9.84 Å². The van der Waals surface area contributed by atoms with E-state index < -0.39 is 9.84 Å². The molecule has 1 amide bonds. The largest absolute Gasteiger partial charge is 0.465 e. The minimum absolute atomic E-state index is 0.0162. The smallest absolute Gasteiger partial charge is 0.246 e. The molecule has 0 bridgehead atoms. The molecule has 6 heteroatoms. The van der Waals surface area contributed by atoms with Crippen LogP contribution >= 0.6 is 0 Å². The van der Waals surface area contributed by atoms with Gasteiger partial charge in [0.25, 0.3) is 0 Å². The molecule has 1 unspecified atom stereocenters. The molecule has 0 fully saturated rings. The lowest BCUT2D eigenvalue weighted by atomic mass is 10.3. The number of carbonyl (C=O) groups is 1. The molecule has 1 atom stereocenters. The second kappa shape index (κ2) is 7.28. The molecule has 20 heavy (non-hydrogen) atoms. The Hall–Kier alpha value is -1.56. The fourth-order valence-corrected chi connectivity index (χ4v) is 3.05. The fourth-order valence-electron chi connectivity index (χ4n) is 1.90. The highest BCUT2D eigenvalue weighted by molar-refractivity contribution is 7.91. The van der Waals surface area contributed by atoms with E-state index in [9.17, 15) is 13.2 Å². The second-order valence-electron chi connectivity index (χ2n) is 4.52. The van der Waals surface area contributed by atoms with Crippen molar-refractivity contribution in [3.63, 3.8) is 0 Å². The molecule has 0 spiro atoms. The van der Waals surface area contributed by atoms with Crippen LogP contribution in [0.25, 0.3) is 6.08 Å². The van der Waals surface area contributed by atoms with Crippen LogP contribution in [0.1, 0.15) is 26.5 Å². The highest BCUT2D eigenvalue weighted by Gasteiger charge is 2.21. The van der Waals surface area contributed by atoms with Crippen LogP contribution in [-0.4, -0.2) is 43.3 Å². The Labute approximate surface area is 120 Å². The molecule has 0 aliphatic rings. The van der Waals surface area contributed by atoms with E-state index in [4.69, 9.17) is 4.42 Å². The zero-order valence-electron chi connectivity index (χ0n) is 12.1. The van der Waals surface area contributed by atoms with Gasteiger partial charge in [-0.05, 0) is 32.1 Å². The van der Waals surface area contributed by atoms with Crippen molar-refractivity contribution >= 4 is 21.8 Å². The number of likely N-dealkylation sites (N-methyl/N-ethyl adjacent to an activating group) is 1. The predicted molar refractivity (Wildman–Crippen MR) is 78.9 cm³/mol. The Balaban J connectivity index is 2.72. The van der Waals surface area contributed by atoms with E-state index in [2.05, 4.69) is 0 Å². The van der Waals surface area contributed by atoms with Crippen molar-refractivity contribution in [2.45, 2.75) is 26.8 Å². The summed E-state index contributed by atoms with van der Waals surface area (Å²) in [7, 11) is -3.10. The van der Waals surface area contributed by atoms with E-state index in [1.54, 1.807) is 32.1 Å². The lowest BCUT2D eigenvalue weighted by molar-refractivity contribution is -0.127. The number of hydrogen-bond acceptors (Lipinski definition) is 4. The van der Waals surface area contributed by atoms with Gasteiger partial charge in [-0.25, -0.2) is 8.42 Å². The van der Waals surface area contributed by atoms with Crippen molar-refractivity contribution in [3.05, 3.63) is 30.2 Å². The number of hydrogen-bond donors (Lipinski definition) is 0. The maximum Gasteiger partial charge on any atom is 0.246 e. The average molecular weight is 299 g/mol. The van der Waals surface area contributed by atoms with Crippen LogP contribution in [0.5, 0.6) is 0 Å². The molecule has 0 saturated carbocycles. The third kappa shape index (κ3) is 4.85. The maximum absolute atomic E-state index is 12.1. The Morgan fingerprint density at radius 2 is 2.15 bits per heavy atom. The quantitative estimate of drug-likeness (QED) is 0.722. The van der Waals surface area contributed by atoms with Crippen LogP contribution in [0.15, 0.2) is 28.9 Å². The van der Waals surface area contributed by atoms with Gasteiger partial charge in [-0.3, -0.25) is 4.79 Å². The summed E-state index contributed by atoms with van der Waals surface area (Å²) in [4.78, 5) is 13.6. The molecule has 0 aromatic carbocycles. The average Bonchev–Trinajstić information content (AvgIpc) is 2.89. The molecule has 112 valence electrons. The first-order valence-corrected chi connectivity index (χ1v) is 8.44. The van der Waals surface area contributed by atoms with E-state index in [-0.39, 0.29) is 23.5 Å². The predicted octanol–water partition coefficient (Wildman–Crippen LogP) is 1.96. The number of rotatable bonds is 7. The molecule has 0 N–H and O–H groups in total. The van der Waals surface area contributed by atoms with Gasteiger partial charge in [-0.1, -0.05) is 6.92 Å². The van der Waals surface area contributed by atoms with Crippen molar-refractivity contribution in [1.82, 2.24) is 4.90 Å². The van der Waals surface area contributed by atoms with Gasteiger partial charge in [0.05, 0.1) is 12.0 Å². The standard InChI is InChI=1S/C14H21NO4S/c1-4-15(12(3)11-20(17,18)5-2)14(16)9-8-13-7-6-10-19-13/h6-10,12H,4-5,11H2,1-3H3/b9-8+. The summed E-state index contributed by atoms with van der Waals surface area (Å²) in [5, 5.41) is 0. The molecule has 0 aliphatic heterocycles. The maximum atomic E-state index is 12.1. The highest BCUT2D eigenvalue weighted by atomic mass is 32.2. The number of nitrogens with zero attached hydrogens (tertiary/aromatic N) is 1. The summed E-state index contributed by atoms with van der Waals surface area (Å²) in [5.74, 6) is 0.439. The van der Waals surface area contributed by atoms with E-state index in [1.165, 1.54) is 17.2 Å². The Bertz CT molecular complexity index is 546. The molecular formula is C14H21NO4S. The number of amides is 1. The van der Waals surface area contributed by atoms with Crippen LogP contribution in [-0.2, 0) is 14.6 Å². The zero-order chi connectivity index (χ0) is 15.2. The first-order chi connectivity index (χ1) is 9.39. The SMILES string of the molecule is CCN(C(=O)/C=C/c1ccco1)C(C)CS(=O)(=O)CC. The van der Waals surface area contributed by atoms with Crippen LogP contribution in [0.2, 0.25) is 0 Å². The summed E-state index contributed by atoms with van der Waals surface area (Å²) in [5.41, 5.74) is 0. The van der Waals surface area contributed by atoms with Gasteiger partial charge < -0.3 is 9.32 Å². The van der Waals surface area contributed by atoms with E-state index in [1.807, 2.05) is 6.92 Å². The minimum Gasteiger partial charge on any atom is -0.465 e. The van der Waals surface area contributed by atoms with Crippen LogP contribution in [0.3, 0.4) is 0 Å². The molecule has 1 aromatic heterocycles. The van der Waals surface area contributed by atoms with Gasteiger partial charge in [0, 0.05) is 24.4 Å². The van der Waals surface area contributed by atoms with E-state index >= 15 is 0 Å². The van der Waals surface area contributed by atoms with Crippen LogP contribution in [0, 0.1) is 0 Å². The normalized spacial score (nSPS) is 13.6. The molecule has 0 saturated heterocycles. The Morgan fingerprint density at radius 3 is 2.65 bits per heavy atom. The molecule has 0 radical (unpaired) electrons. The van der Waals surface area contributed by atoms with Crippen molar-refractivity contribution in [2.24, 2.45) is 0 Å². The fraction of sp³-hybridized carbons (Fsp3) is 0.500. The van der Waals surface area contributed by atoms with Gasteiger partial charge in [-0.2, -0.15) is 0 Å². The first-order valence-electron chi connectivity index (χ1n) is 6.62. The van der Waals surface area contributed by atoms with Gasteiger partial charge >= 0.3 is 0 Å². The summed E-state index contributed by atoms with van der Waals surface area (Å²) in [6.07, 6.45) is 4.50. The molecule has 5 nitrogen and oxygen atoms in total. The van der Waals surface area contributed by atoms with Gasteiger partial charge in [0.2, 0.25) is 5.91 Å². The van der Waals surface area contributed by atoms with E-state index in [0.717, 1.165) is 0 Å². The lowest BCUT2D eigenvalue weighted by Gasteiger charge is -2.26. The number of furan rings is 1. The summed E-state index contributed by atoms with van der Waals surface area (Å²) < 4.78 is 28.4. The first kappa shape index (κ1) is 16.5. The van der Waals surface area contributed by atoms with Crippen molar-refractivity contribution < 1.29 is 17.6 Å². The number of sulfone groups is 1. The van der Waals surface area contributed by atoms with Gasteiger partial charge in [-0.15, -0.1) is 0 Å². The molecule has 1 rings (SSSR count). The van der Waals surface area contributed by atoms with Gasteiger partial charge in [0.1, 0.15) is 5.76 Å². The monoisotopic (exact) mass is 299 g/mol. The van der Waals surface area contributed by atoms with Crippen LogP contribution in [0.4, 0.5) is 0 Å². The van der Waals surface area contributed by atoms with Crippen molar-refractivity contribution in [1.29, 1.82) is 0 Å². The Morgan fingerprint density at radius 1 is 1.45 bits per heavy atom. The lowest BCUT2D eigenvalue weighted by Crippen LogP contribution is -2.41. The zero-order valence-corrected chi connectivity index (χ0v) is 12.9. The highest BCUT2D eigenvalue weighted by Crippen LogP contribution is 2.07. The molecule has 0 aliphatic carbocycles. The minimum atomic E-state index is -3.10. The summed E-state index contributed by atoms with van der Waals surface area (Å²) in [6, 6.07) is 3.13. The topological polar surface area (TPSA) is 67.6 Å². The summed E-state index contributed by atoms with van der Waals surface area (Å²) in [6.45, 7) is 5.64. The number of carbonyl (C=O) groups excluding carboxylic acids is 1. The third-order valence-corrected chi connectivity index (χ3v) is 4.89. The third-order valence-electron chi connectivity index (χ3n) is 3.02. The van der Waals surface area contributed by atoms with E-state index in [0.29, 0.717) is 12.3 Å². The molecule has 1 heterocycles. The Kier molecular flexibility index (Phi) is 6.01. The van der Waals surface area contributed by atoms with Crippen molar-refractivity contribution in [2.75, 3.05) is 18.1 Å². The van der Waals surface area contributed by atoms with Crippen LogP contribution < -0.4 is 0 Å². The molecular weight excluding hydrogens is 278 g/mol. The summed E-state index contributed by atoms with van der Waals surface area (Å²) >= 11 is 0. The second-order valence-corrected chi connectivity index (χ2v) is 6.92. The van der Waals surface area contributed by atoms with Crippen molar-refractivity contribution in [3.8, 4) is 0 Å². The molecule has 1 aromatic rings.